The first-order valence-corrected chi connectivity index (χ1v) is 11.9. The fourth-order valence-corrected chi connectivity index (χ4v) is 4.41. The molecule has 0 aliphatic rings. The van der Waals surface area contributed by atoms with Crippen LogP contribution in [0.3, 0.4) is 0 Å². The lowest BCUT2D eigenvalue weighted by molar-refractivity contribution is -0.135. The number of amides is 1. The van der Waals surface area contributed by atoms with Gasteiger partial charge in [0.25, 0.3) is 5.91 Å². The third kappa shape index (κ3) is 6.45. The molecule has 0 radical (unpaired) electrons. The molecule has 7 nitrogen and oxygen atoms in total. The minimum Gasteiger partial charge on any atom is -0.490 e. The maximum absolute atomic E-state index is 12.3. The Morgan fingerprint density at radius 2 is 1.77 bits per heavy atom. The Morgan fingerprint density at radius 1 is 1.00 bits per heavy atom. The molecule has 2 N–H and O–H groups in total. The molecular formula is C27H24N2O5S. The van der Waals surface area contributed by atoms with Gasteiger partial charge in [0, 0.05) is 5.69 Å². The van der Waals surface area contributed by atoms with E-state index in [0.29, 0.717) is 34.4 Å². The molecule has 0 atom stereocenters. The Balaban J connectivity index is 1.55. The molecule has 0 spiro atoms. The molecule has 8 heteroatoms. The molecule has 0 saturated carbocycles. The smallest absolute Gasteiger partial charge is 0.307 e. The number of hydrogen-bond acceptors (Lipinski definition) is 6. The molecule has 4 rings (SSSR count). The highest BCUT2D eigenvalue weighted by molar-refractivity contribution is 7.19. The minimum atomic E-state index is -0.940. The van der Waals surface area contributed by atoms with E-state index in [0.717, 1.165) is 15.8 Å². The van der Waals surface area contributed by atoms with Crippen LogP contribution in [0.1, 0.15) is 23.9 Å². The van der Waals surface area contributed by atoms with Crippen molar-refractivity contribution in [3.63, 3.8) is 0 Å². The standard InChI is InChI=1S/C27H24N2O5S/c1-2-33-23-15-18(12-13-22(23)34-17-25(30)28-20-8-4-3-5-9-20)14-19(16-26(31)32)27-29-21-10-6-7-11-24(21)35-27/h3-15H,2,16-17H2,1H3,(H,28,30)(H,31,32)/b19-14+. The van der Waals surface area contributed by atoms with Gasteiger partial charge in [-0.3, -0.25) is 9.59 Å². The molecular weight excluding hydrogens is 464 g/mol. The number of benzene rings is 3. The SMILES string of the molecule is CCOc1cc(/C=C(\CC(=O)O)c2nc3ccccc3s2)ccc1OCC(=O)Nc1ccccc1. The normalized spacial score (nSPS) is 11.3. The van der Waals surface area contributed by atoms with Crippen LogP contribution in [0.5, 0.6) is 11.5 Å². The predicted molar refractivity (Wildman–Crippen MR) is 138 cm³/mol. The number of rotatable bonds is 10. The molecule has 0 fully saturated rings. The molecule has 3 aromatic carbocycles. The van der Waals surface area contributed by atoms with Crippen molar-refractivity contribution in [1.29, 1.82) is 0 Å². The van der Waals surface area contributed by atoms with Crippen LogP contribution in [-0.2, 0) is 9.59 Å². The van der Waals surface area contributed by atoms with Gasteiger partial charge in [-0.1, -0.05) is 36.4 Å². The summed E-state index contributed by atoms with van der Waals surface area (Å²) in [6.45, 7) is 2.07. The van der Waals surface area contributed by atoms with Crippen LogP contribution in [0.15, 0.2) is 72.8 Å². The number of carbonyl (C=O) groups is 2. The molecule has 0 aliphatic heterocycles. The van der Waals surface area contributed by atoms with Crippen molar-refractivity contribution in [2.24, 2.45) is 0 Å². The molecule has 0 aliphatic carbocycles. The maximum atomic E-state index is 12.3. The van der Waals surface area contributed by atoms with Gasteiger partial charge in [-0.25, -0.2) is 4.98 Å². The third-order valence-corrected chi connectivity index (χ3v) is 6.05. The summed E-state index contributed by atoms with van der Waals surface area (Å²) < 4.78 is 12.4. The van der Waals surface area contributed by atoms with Gasteiger partial charge in [-0.15, -0.1) is 11.3 Å². The van der Waals surface area contributed by atoms with Crippen molar-refractivity contribution in [2.75, 3.05) is 18.5 Å². The van der Waals surface area contributed by atoms with E-state index in [2.05, 4.69) is 10.3 Å². The lowest BCUT2D eigenvalue weighted by Crippen LogP contribution is -2.20. The summed E-state index contributed by atoms with van der Waals surface area (Å²) in [5.41, 5.74) is 2.85. The summed E-state index contributed by atoms with van der Waals surface area (Å²) in [7, 11) is 0. The number of carboxylic acid groups (broad SMARTS) is 1. The highest BCUT2D eigenvalue weighted by atomic mass is 32.1. The Hall–Kier alpha value is -4.17. The van der Waals surface area contributed by atoms with Crippen LogP contribution >= 0.6 is 11.3 Å². The van der Waals surface area contributed by atoms with Gasteiger partial charge in [0.15, 0.2) is 18.1 Å². The zero-order chi connectivity index (χ0) is 24.6. The molecule has 1 amide bonds. The van der Waals surface area contributed by atoms with Crippen molar-refractivity contribution in [2.45, 2.75) is 13.3 Å². The van der Waals surface area contributed by atoms with Crippen molar-refractivity contribution in [3.05, 3.63) is 83.4 Å². The second-order valence-corrected chi connectivity index (χ2v) is 8.60. The fraction of sp³-hybridized carbons (Fsp3) is 0.148. The van der Waals surface area contributed by atoms with E-state index in [-0.39, 0.29) is 18.9 Å². The maximum Gasteiger partial charge on any atom is 0.307 e. The lowest BCUT2D eigenvalue weighted by atomic mass is 10.1. The van der Waals surface area contributed by atoms with Crippen LogP contribution in [0.4, 0.5) is 5.69 Å². The molecule has 4 aromatic rings. The van der Waals surface area contributed by atoms with E-state index in [4.69, 9.17) is 9.47 Å². The summed E-state index contributed by atoms with van der Waals surface area (Å²) in [5.74, 6) is -0.341. The first kappa shape index (κ1) is 24.0. The number of aromatic nitrogens is 1. The largest absolute Gasteiger partial charge is 0.490 e. The van der Waals surface area contributed by atoms with Gasteiger partial charge in [0.05, 0.1) is 23.2 Å². The number of nitrogens with zero attached hydrogens (tertiary/aromatic N) is 1. The number of carboxylic acids is 1. The Bertz CT molecular complexity index is 1330. The van der Waals surface area contributed by atoms with Crippen molar-refractivity contribution in [1.82, 2.24) is 4.98 Å². The lowest BCUT2D eigenvalue weighted by Gasteiger charge is -2.13. The monoisotopic (exact) mass is 488 g/mol. The Labute approximate surface area is 206 Å². The Morgan fingerprint density at radius 3 is 2.51 bits per heavy atom. The van der Waals surface area contributed by atoms with Crippen LogP contribution < -0.4 is 14.8 Å². The number of aliphatic carboxylic acids is 1. The zero-order valence-electron chi connectivity index (χ0n) is 19.1. The van der Waals surface area contributed by atoms with Crippen molar-refractivity contribution >= 4 is 50.8 Å². The van der Waals surface area contributed by atoms with Gasteiger partial charge in [-0.05, 0) is 60.5 Å². The van der Waals surface area contributed by atoms with Crippen molar-refractivity contribution in [3.8, 4) is 11.5 Å². The summed E-state index contributed by atoms with van der Waals surface area (Å²) >= 11 is 1.45. The molecule has 1 heterocycles. The summed E-state index contributed by atoms with van der Waals surface area (Å²) in [6.07, 6.45) is 1.63. The van der Waals surface area contributed by atoms with Gasteiger partial charge >= 0.3 is 5.97 Å². The fourth-order valence-electron chi connectivity index (χ4n) is 3.43. The van der Waals surface area contributed by atoms with E-state index in [1.165, 1.54) is 11.3 Å². The second-order valence-electron chi connectivity index (χ2n) is 7.57. The molecule has 1 aromatic heterocycles. The van der Waals surface area contributed by atoms with E-state index in [9.17, 15) is 14.7 Å². The second kappa shape index (κ2) is 11.3. The van der Waals surface area contributed by atoms with Crippen LogP contribution in [0.25, 0.3) is 21.9 Å². The summed E-state index contributed by atoms with van der Waals surface area (Å²) in [5, 5.41) is 12.9. The van der Waals surface area contributed by atoms with Crippen LogP contribution in [-0.4, -0.2) is 35.2 Å². The minimum absolute atomic E-state index is 0.165. The number of para-hydroxylation sites is 2. The number of fused-ring (bicyclic) bond motifs is 1. The van der Waals surface area contributed by atoms with E-state index >= 15 is 0 Å². The molecule has 35 heavy (non-hydrogen) atoms. The van der Waals surface area contributed by atoms with E-state index in [1.807, 2.05) is 49.4 Å². The predicted octanol–water partition coefficient (Wildman–Crippen LogP) is 5.73. The Kier molecular flexibility index (Phi) is 7.74. The highest BCUT2D eigenvalue weighted by Gasteiger charge is 2.14. The number of carbonyl (C=O) groups excluding carboxylic acids is 1. The molecule has 178 valence electrons. The topological polar surface area (TPSA) is 97.8 Å². The molecule has 0 saturated heterocycles. The molecule has 0 unspecified atom stereocenters. The van der Waals surface area contributed by atoms with Crippen molar-refractivity contribution < 1.29 is 24.2 Å². The van der Waals surface area contributed by atoms with E-state index < -0.39 is 5.97 Å². The average Bonchev–Trinajstić information content (AvgIpc) is 3.28. The zero-order valence-corrected chi connectivity index (χ0v) is 19.9. The summed E-state index contributed by atoms with van der Waals surface area (Å²) in [4.78, 5) is 28.4. The number of hydrogen-bond donors (Lipinski definition) is 2. The number of nitrogens with one attached hydrogen (secondary N) is 1. The number of anilines is 1. The van der Waals surface area contributed by atoms with Crippen LogP contribution in [0, 0.1) is 0 Å². The van der Waals surface area contributed by atoms with Gasteiger partial charge < -0.3 is 19.9 Å². The summed E-state index contributed by atoms with van der Waals surface area (Å²) in [6, 6.07) is 22.1. The van der Waals surface area contributed by atoms with Crippen LogP contribution in [0.2, 0.25) is 0 Å². The van der Waals surface area contributed by atoms with E-state index in [1.54, 1.807) is 36.4 Å². The first-order chi connectivity index (χ1) is 17.0. The molecule has 0 bridgehead atoms. The number of ether oxygens (including phenoxy) is 2. The van der Waals surface area contributed by atoms with Gasteiger partial charge in [-0.2, -0.15) is 0 Å². The number of thiazole rings is 1. The first-order valence-electron chi connectivity index (χ1n) is 11.0. The van der Waals surface area contributed by atoms with Gasteiger partial charge in [0.2, 0.25) is 0 Å². The third-order valence-electron chi connectivity index (χ3n) is 4.94. The highest BCUT2D eigenvalue weighted by Crippen LogP contribution is 2.33. The van der Waals surface area contributed by atoms with Gasteiger partial charge in [0.1, 0.15) is 5.01 Å². The average molecular weight is 489 g/mol. The quantitative estimate of drug-likeness (QED) is 0.296.